The van der Waals surface area contributed by atoms with Crippen molar-refractivity contribution in [1.82, 2.24) is 18.7 Å². The van der Waals surface area contributed by atoms with Crippen molar-refractivity contribution in [2.75, 3.05) is 18.5 Å². The molecule has 2 N–H and O–H groups in total. The monoisotopic (exact) mass is 415 g/mol. The summed E-state index contributed by atoms with van der Waals surface area (Å²) in [6, 6.07) is 7.57. The third-order valence-corrected chi connectivity index (χ3v) is 4.93. The molecule has 0 radical (unpaired) electrons. The van der Waals surface area contributed by atoms with Crippen molar-refractivity contribution < 1.29 is 9.84 Å². The van der Waals surface area contributed by atoms with E-state index in [1.165, 1.54) is 11.6 Å². The van der Waals surface area contributed by atoms with E-state index in [9.17, 15) is 14.7 Å². The van der Waals surface area contributed by atoms with E-state index in [0.717, 1.165) is 10.1 Å². The first kappa shape index (κ1) is 21.6. The maximum Gasteiger partial charge on any atom is 0.332 e. The van der Waals surface area contributed by atoms with Gasteiger partial charge in [0.05, 0.1) is 6.54 Å². The van der Waals surface area contributed by atoms with Gasteiger partial charge in [-0.2, -0.15) is 4.98 Å². The van der Waals surface area contributed by atoms with Gasteiger partial charge in [0.15, 0.2) is 11.2 Å². The number of rotatable bonds is 8. The lowest BCUT2D eigenvalue weighted by Gasteiger charge is -2.17. The molecule has 0 spiro atoms. The topological polar surface area (TPSA) is 103 Å². The van der Waals surface area contributed by atoms with Crippen LogP contribution in [0.5, 0.6) is 5.75 Å². The van der Waals surface area contributed by atoms with Crippen LogP contribution >= 0.6 is 0 Å². The number of nitrogens with zero attached hydrogens (tertiary/aromatic N) is 4. The molecule has 9 nitrogen and oxygen atoms in total. The number of ether oxygens (including phenoxy) is 1. The molecule has 0 aliphatic heterocycles. The number of para-hydroxylation sites is 1. The quantitative estimate of drug-likeness (QED) is 0.574. The highest BCUT2D eigenvalue weighted by Crippen LogP contribution is 2.19. The molecule has 0 amide bonds. The fourth-order valence-electron chi connectivity index (χ4n) is 3.22. The maximum absolute atomic E-state index is 12.8. The van der Waals surface area contributed by atoms with Gasteiger partial charge in [-0.25, -0.2) is 4.79 Å². The molecular formula is C21H29N5O4. The Morgan fingerprint density at radius 1 is 1.17 bits per heavy atom. The Kier molecular flexibility index (Phi) is 6.31. The number of benzene rings is 1. The number of aliphatic hydroxyl groups is 1. The Labute approximate surface area is 174 Å². The lowest BCUT2D eigenvalue weighted by atomic mass is 10.2. The zero-order valence-corrected chi connectivity index (χ0v) is 18.0. The molecule has 0 aliphatic carbocycles. The molecule has 0 aliphatic rings. The van der Waals surface area contributed by atoms with Crippen LogP contribution in [0.4, 0.5) is 5.95 Å². The van der Waals surface area contributed by atoms with Crippen LogP contribution in [0.15, 0.2) is 33.9 Å². The first-order chi connectivity index (χ1) is 14.2. The summed E-state index contributed by atoms with van der Waals surface area (Å²) in [5.41, 5.74) is 0.615. The zero-order chi connectivity index (χ0) is 22.0. The largest absolute Gasteiger partial charge is 0.491 e. The summed E-state index contributed by atoms with van der Waals surface area (Å²) in [6.45, 7) is 6.83. The van der Waals surface area contributed by atoms with E-state index in [1.54, 1.807) is 11.6 Å². The van der Waals surface area contributed by atoms with Gasteiger partial charge < -0.3 is 19.7 Å². The number of aryl methyl sites for hydroxylation is 2. The minimum atomic E-state index is -0.886. The number of nitrogens with one attached hydrogen (secondary N) is 1. The lowest BCUT2D eigenvalue weighted by Crippen LogP contribution is -2.38. The molecule has 1 aromatic carbocycles. The summed E-state index contributed by atoms with van der Waals surface area (Å²) >= 11 is 0. The van der Waals surface area contributed by atoms with Crippen LogP contribution in [-0.2, 0) is 20.6 Å². The Morgan fingerprint density at radius 3 is 2.53 bits per heavy atom. The predicted octanol–water partition coefficient (Wildman–Crippen LogP) is 1.25. The highest BCUT2D eigenvalue weighted by Gasteiger charge is 2.21. The first-order valence-corrected chi connectivity index (χ1v) is 9.97. The number of anilines is 1. The summed E-state index contributed by atoms with van der Waals surface area (Å²) in [5, 5.41) is 13.9. The van der Waals surface area contributed by atoms with Crippen LogP contribution in [-0.4, -0.2) is 43.0 Å². The van der Waals surface area contributed by atoms with Gasteiger partial charge in [-0.3, -0.25) is 13.9 Å². The Morgan fingerprint density at radius 2 is 1.87 bits per heavy atom. The van der Waals surface area contributed by atoms with Gasteiger partial charge in [0.25, 0.3) is 5.56 Å². The second-order valence-corrected chi connectivity index (χ2v) is 7.93. The van der Waals surface area contributed by atoms with Crippen LogP contribution in [0.25, 0.3) is 11.2 Å². The van der Waals surface area contributed by atoms with Crippen LogP contribution in [0, 0.1) is 12.8 Å². The molecule has 0 bridgehead atoms. The Bertz CT molecular complexity index is 1160. The van der Waals surface area contributed by atoms with Gasteiger partial charge in [0.1, 0.15) is 18.5 Å². The molecule has 9 heteroatoms. The molecule has 0 saturated carbocycles. The fourth-order valence-corrected chi connectivity index (χ4v) is 3.22. The number of fused-ring (bicyclic) bond motifs is 1. The van der Waals surface area contributed by atoms with Gasteiger partial charge >= 0.3 is 5.69 Å². The summed E-state index contributed by atoms with van der Waals surface area (Å²) in [4.78, 5) is 29.6. The molecule has 2 heterocycles. The molecule has 0 fully saturated rings. The summed E-state index contributed by atoms with van der Waals surface area (Å²) in [5.74, 6) is 1.48. The van der Waals surface area contributed by atoms with Crippen LogP contribution in [0.3, 0.4) is 0 Å². The Hall–Kier alpha value is -3.07. The molecule has 162 valence electrons. The van der Waals surface area contributed by atoms with Crippen molar-refractivity contribution in [2.45, 2.75) is 33.4 Å². The fraction of sp³-hybridized carbons (Fsp3) is 0.476. The van der Waals surface area contributed by atoms with Crippen molar-refractivity contribution in [1.29, 1.82) is 0 Å². The van der Waals surface area contributed by atoms with Crippen molar-refractivity contribution >= 4 is 17.1 Å². The zero-order valence-electron chi connectivity index (χ0n) is 18.0. The normalized spacial score (nSPS) is 12.5. The summed E-state index contributed by atoms with van der Waals surface area (Å²) < 4.78 is 9.76. The third-order valence-electron chi connectivity index (χ3n) is 4.93. The van der Waals surface area contributed by atoms with Crippen LogP contribution in [0.1, 0.15) is 19.4 Å². The van der Waals surface area contributed by atoms with E-state index in [-0.39, 0.29) is 24.3 Å². The molecular weight excluding hydrogens is 386 g/mol. The summed E-state index contributed by atoms with van der Waals surface area (Å²) in [7, 11) is 3.01. The maximum atomic E-state index is 12.8. The van der Waals surface area contributed by atoms with Crippen LogP contribution in [0.2, 0.25) is 0 Å². The molecule has 2 aromatic heterocycles. The molecule has 3 rings (SSSR count). The number of aliphatic hydroxyl groups excluding tert-OH is 1. The minimum absolute atomic E-state index is 0.0558. The lowest BCUT2D eigenvalue weighted by molar-refractivity contribution is 0.0935. The molecule has 0 unspecified atom stereocenters. The SMILES string of the molecule is Cc1ccccc1OC[C@H](O)Cn1c(NCC(C)C)nc2c1c(=O)n(C)c(=O)n2C. The Balaban J connectivity index is 1.95. The first-order valence-electron chi connectivity index (χ1n) is 9.97. The minimum Gasteiger partial charge on any atom is -0.491 e. The van der Waals surface area contributed by atoms with E-state index in [0.29, 0.717) is 24.2 Å². The van der Waals surface area contributed by atoms with Crippen molar-refractivity contribution in [2.24, 2.45) is 20.0 Å². The number of hydrogen-bond donors (Lipinski definition) is 2. The van der Waals surface area contributed by atoms with Gasteiger partial charge in [-0.1, -0.05) is 32.0 Å². The van der Waals surface area contributed by atoms with E-state index in [2.05, 4.69) is 24.1 Å². The van der Waals surface area contributed by atoms with Gasteiger partial charge in [-0.15, -0.1) is 0 Å². The molecule has 1 atom stereocenters. The molecule has 0 saturated heterocycles. The highest BCUT2D eigenvalue weighted by atomic mass is 16.5. The number of aromatic nitrogens is 4. The smallest absolute Gasteiger partial charge is 0.332 e. The molecule has 30 heavy (non-hydrogen) atoms. The third kappa shape index (κ3) is 4.25. The van der Waals surface area contributed by atoms with Crippen molar-refractivity contribution in [3.05, 3.63) is 50.7 Å². The van der Waals surface area contributed by atoms with Gasteiger partial charge in [0.2, 0.25) is 5.95 Å². The average molecular weight is 415 g/mol. The van der Waals surface area contributed by atoms with E-state index in [4.69, 9.17) is 4.74 Å². The van der Waals surface area contributed by atoms with E-state index in [1.807, 2.05) is 31.2 Å². The number of hydrogen-bond acceptors (Lipinski definition) is 6. The second-order valence-electron chi connectivity index (χ2n) is 7.93. The predicted molar refractivity (Wildman–Crippen MR) is 116 cm³/mol. The second kappa shape index (κ2) is 8.74. The molecule has 3 aromatic rings. The van der Waals surface area contributed by atoms with Gasteiger partial charge in [0, 0.05) is 20.6 Å². The van der Waals surface area contributed by atoms with E-state index >= 15 is 0 Å². The van der Waals surface area contributed by atoms with Crippen molar-refractivity contribution in [3.8, 4) is 5.75 Å². The van der Waals surface area contributed by atoms with E-state index < -0.39 is 17.4 Å². The van der Waals surface area contributed by atoms with Gasteiger partial charge in [-0.05, 0) is 24.5 Å². The summed E-state index contributed by atoms with van der Waals surface area (Å²) in [6.07, 6.45) is -0.886. The van der Waals surface area contributed by atoms with Crippen LogP contribution < -0.4 is 21.3 Å². The highest BCUT2D eigenvalue weighted by molar-refractivity contribution is 5.74. The average Bonchev–Trinajstić information content (AvgIpc) is 3.06. The standard InChI is InChI=1S/C21H29N5O4/c1-13(2)10-22-20-23-18-17(19(28)25(5)21(29)24(18)4)26(20)11-15(27)12-30-16-9-7-6-8-14(16)3/h6-9,13,15,27H,10-12H2,1-5H3,(H,22,23)/t15-/m1/s1. The number of imidazole rings is 1. The van der Waals surface area contributed by atoms with Crippen molar-refractivity contribution in [3.63, 3.8) is 0 Å².